The highest BCUT2D eigenvalue weighted by atomic mass is 35.5. The van der Waals surface area contributed by atoms with Gasteiger partial charge in [0.1, 0.15) is 0 Å². The van der Waals surface area contributed by atoms with Gasteiger partial charge in [-0.05, 0) is 47.7 Å². The first kappa shape index (κ1) is 21.4. The molecular formula is C22H22Cl3N3O2. The zero-order chi connectivity index (χ0) is 21.3. The average molecular weight is 467 g/mol. The van der Waals surface area contributed by atoms with Gasteiger partial charge in [0.2, 0.25) is 5.91 Å². The fourth-order valence-electron chi connectivity index (χ4n) is 4.31. The van der Waals surface area contributed by atoms with Gasteiger partial charge in [0.05, 0.1) is 6.54 Å². The van der Waals surface area contributed by atoms with Gasteiger partial charge >= 0.3 is 0 Å². The lowest BCUT2D eigenvalue weighted by atomic mass is 10.0. The van der Waals surface area contributed by atoms with Crippen LogP contribution in [0, 0.1) is 11.8 Å². The number of carbonyl (C=O) groups is 2. The summed E-state index contributed by atoms with van der Waals surface area (Å²) in [6.07, 6.45) is 0. The Morgan fingerprint density at radius 3 is 2.30 bits per heavy atom. The first-order chi connectivity index (χ1) is 14.4. The van der Waals surface area contributed by atoms with E-state index in [1.54, 1.807) is 30.3 Å². The molecule has 2 saturated heterocycles. The maximum Gasteiger partial charge on any atom is 0.251 e. The Hall–Kier alpha value is -1.79. The number of likely N-dealkylation sites (tertiary alicyclic amines) is 2. The predicted octanol–water partition coefficient (Wildman–Crippen LogP) is 3.97. The summed E-state index contributed by atoms with van der Waals surface area (Å²) in [7, 11) is 0. The smallest absolute Gasteiger partial charge is 0.251 e. The minimum atomic E-state index is -0.295. The van der Waals surface area contributed by atoms with Crippen LogP contribution < -0.4 is 5.32 Å². The molecule has 4 rings (SSSR count). The van der Waals surface area contributed by atoms with Crippen LogP contribution in [0.4, 0.5) is 0 Å². The summed E-state index contributed by atoms with van der Waals surface area (Å²) in [5.74, 6) is 0.552. The summed E-state index contributed by atoms with van der Waals surface area (Å²) in [5, 5.41) is 4.51. The minimum absolute atomic E-state index is 0.00508. The molecule has 2 unspecified atom stereocenters. The van der Waals surface area contributed by atoms with Crippen LogP contribution in [0.25, 0.3) is 0 Å². The second kappa shape index (κ2) is 9.15. The Balaban J connectivity index is 1.25. The van der Waals surface area contributed by atoms with Crippen molar-refractivity contribution < 1.29 is 9.59 Å². The zero-order valence-corrected chi connectivity index (χ0v) is 18.6. The van der Waals surface area contributed by atoms with Crippen LogP contribution in [-0.4, -0.2) is 54.3 Å². The van der Waals surface area contributed by atoms with Crippen molar-refractivity contribution in [3.8, 4) is 0 Å². The van der Waals surface area contributed by atoms with Crippen molar-refractivity contribution in [2.24, 2.45) is 11.8 Å². The second-order valence-corrected chi connectivity index (χ2v) is 9.22. The molecule has 8 heteroatoms. The Morgan fingerprint density at radius 2 is 1.63 bits per heavy atom. The first-order valence-electron chi connectivity index (χ1n) is 9.87. The van der Waals surface area contributed by atoms with Gasteiger partial charge in [0.25, 0.3) is 5.91 Å². The molecule has 2 aromatic carbocycles. The van der Waals surface area contributed by atoms with E-state index >= 15 is 0 Å². The quantitative estimate of drug-likeness (QED) is 0.725. The van der Waals surface area contributed by atoms with E-state index in [1.165, 1.54) is 0 Å². The van der Waals surface area contributed by atoms with Gasteiger partial charge in [-0.15, -0.1) is 0 Å². The number of amides is 2. The summed E-state index contributed by atoms with van der Waals surface area (Å²) < 4.78 is 0. The highest BCUT2D eigenvalue weighted by Crippen LogP contribution is 2.33. The molecule has 1 N–H and O–H groups in total. The average Bonchev–Trinajstić information content (AvgIpc) is 3.27. The van der Waals surface area contributed by atoms with Crippen molar-refractivity contribution in [1.29, 1.82) is 0 Å². The largest absolute Gasteiger partial charge is 0.343 e. The highest BCUT2D eigenvalue weighted by molar-refractivity contribution is 6.35. The molecular weight excluding hydrogens is 445 g/mol. The van der Waals surface area contributed by atoms with Crippen molar-refractivity contribution >= 4 is 46.6 Å². The van der Waals surface area contributed by atoms with Gasteiger partial charge in [-0.3, -0.25) is 14.5 Å². The second-order valence-electron chi connectivity index (χ2n) is 7.94. The fraction of sp³-hybridized carbons (Fsp3) is 0.364. The maximum atomic E-state index is 12.6. The fourth-order valence-corrected chi connectivity index (χ4v) is 4.97. The zero-order valence-electron chi connectivity index (χ0n) is 16.3. The van der Waals surface area contributed by atoms with Gasteiger partial charge in [-0.2, -0.15) is 0 Å². The molecule has 0 aromatic heterocycles. The van der Waals surface area contributed by atoms with Gasteiger partial charge in [0.15, 0.2) is 0 Å². The molecule has 30 heavy (non-hydrogen) atoms. The Kier molecular flexibility index (Phi) is 6.54. The maximum absolute atomic E-state index is 12.6. The number of benzene rings is 2. The van der Waals surface area contributed by atoms with E-state index in [0.29, 0.717) is 32.5 Å². The van der Waals surface area contributed by atoms with Gasteiger partial charge in [0, 0.05) is 53.4 Å². The topological polar surface area (TPSA) is 52.7 Å². The van der Waals surface area contributed by atoms with E-state index in [0.717, 1.165) is 38.3 Å². The van der Waals surface area contributed by atoms with Crippen molar-refractivity contribution in [3.63, 3.8) is 0 Å². The molecule has 2 heterocycles. The van der Waals surface area contributed by atoms with Crippen LogP contribution in [0.5, 0.6) is 0 Å². The number of rotatable bonds is 5. The number of fused-ring (bicyclic) bond motifs is 1. The lowest BCUT2D eigenvalue weighted by Gasteiger charge is -2.22. The van der Waals surface area contributed by atoms with Gasteiger partial charge in [-0.1, -0.05) is 46.9 Å². The number of carbonyl (C=O) groups excluding carboxylic acids is 2. The van der Waals surface area contributed by atoms with Crippen LogP contribution in [-0.2, 0) is 11.3 Å². The Bertz CT molecular complexity index is 954. The van der Waals surface area contributed by atoms with E-state index in [-0.39, 0.29) is 18.4 Å². The lowest BCUT2D eigenvalue weighted by molar-refractivity contribution is -0.129. The summed E-state index contributed by atoms with van der Waals surface area (Å²) in [5.41, 5.74) is 1.52. The molecule has 0 bridgehead atoms. The summed E-state index contributed by atoms with van der Waals surface area (Å²) >= 11 is 18.2. The van der Waals surface area contributed by atoms with Gasteiger partial charge in [-0.25, -0.2) is 0 Å². The molecule has 5 nitrogen and oxygen atoms in total. The molecule has 2 fully saturated rings. The van der Waals surface area contributed by atoms with Crippen LogP contribution in [0.3, 0.4) is 0 Å². The predicted molar refractivity (Wildman–Crippen MR) is 119 cm³/mol. The van der Waals surface area contributed by atoms with Crippen molar-refractivity contribution in [3.05, 3.63) is 68.7 Å². The highest BCUT2D eigenvalue weighted by Gasteiger charge is 2.41. The van der Waals surface area contributed by atoms with E-state index in [9.17, 15) is 9.59 Å². The Morgan fingerprint density at radius 1 is 0.933 bits per heavy atom. The molecule has 2 amide bonds. The number of nitrogens with one attached hydrogen (secondary N) is 1. The van der Waals surface area contributed by atoms with E-state index in [4.69, 9.17) is 34.8 Å². The third-order valence-corrected chi connectivity index (χ3v) is 6.63. The molecule has 2 atom stereocenters. The molecule has 158 valence electrons. The van der Waals surface area contributed by atoms with Crippen LogP contribution in [0.2, 0.25) is 15.1 Å². The molecule has 2 aliphatic heterocycles. The third kappa shape index (κ3) is 4.92. The number of hydrogen-bond donors (Lipinski definition) is 1. The van der Waals surface area contributed by atoms with Crippen LogP contribution in [0.1, 0.15) is 15.9 Å². The molecule has 0 spiro atoms. The molecule has 2 aromatic rings. The summed E-state index contributed by atoms with van der Waals surface area (Å²) in [6.45, 7) is 4.09. The first-order valence-corrected chi connectivity index (χ1v) is 11.0. The summed E-state index contributed by atoms with van der Waals surface area (Å²) in [6, 6.07) is 12.3. The normalized spacial score (nSPS) is 21.0. The van der Waals surface area contributed by atoms with E-state index in [1.807, 2.05) is 17.0 Å². The molecule has 0 aliphatic carbocycles. The molecule has 0 saturated carbocycles. The molecule has 0 radical (unpaired) electrons. The van der Waals surface area contributed by atoms with Gasteiger partial charge < -0.3 is 10.2 Å². The minimum Gasteiger partial charge on any atom is -0.343 e. The SMILES string of the molecule is O=C(NCC(=O)N1CC2CN(Cc3ccc(Cl)cc3Cl)CC2C1)c1cccc(Cl)c1. The van der Waals surface area contributed by atoms with Crippen molar-refractivity contribution in [2.75, 3.05) is 32.7 Å². The monoisotopic (exact) mass is 465 g/mol. The van der Waals surface area contributed by atoms with Crippen LogP contribution >= 0.6 is 34.8 Å². The van der Waals surface area contributed by atoms with Crippen molar-refractivity contribution in [1.82, 2.24) is 15.1 Å². The molecule has 2 aliphatic rings. The van der Waals surface area contributed by atoms with E-state index in [2.05, 4.69) is 10.2 Å². The third-order valence-electron chi connectivity index (χ3n) is 5.81. The number of halogens is 3. The number of nitrogens with zero attached hydrogens (tertiary/aromatic N) is 2. The number of hydrogen-bond acceptors (Lipinski definition) is 3. The van der Waals surface area contributed by atoms with Crippen LogP contribution in [0.15, 0.2) is 42.5 Å². The summed E-state index contributed by atoms with van der Waals surface area (Å²) in [4.78, 5) is 29.0. The standard InChI is InChI=1S/C22H22Cl3N3O2/c23-18-3-1-2-14(6-18)22(30)26-8-21(29)28-12-16-10-27(11-17(16)13-28)9-15-4-5-19(24)7-20(15)25/h1-7,16-17H,8-13H2,(H,26,30). The van der Waals surface area contributed by atoms with E-state index < -0.39 is 0 Å². The lowest BCUT2D eigenvalue weighted by Crippen LogP contribution is -2.40. The van der Waals surface area contributed by atoms with Crippen molar-refractivity contribution in [2.45, 2.75) is 6.54 Å². The Labute approximate surface area is 190 Å².